The van der Waals surface area contributed by atoms with E-state index in [9.17, 15) is 4.79 Å². The van der Waals surface area contributed by atoms with Gasteiger partial charge in [0.1, 0.15) is 0 Å². The Balaban J connectivity index is 2.89. The molecule has 1 aromatic rings. The van der Waals surface area contributed by atoms with E-state index in [4.69, 9.17) is 4.74 Å². The van der Waals surface area contributed by atoms with Crippen molar-refractivity contribution in [3.05, 3.63) is 32.2 Å². The number of esters is 1. The van der Waals surface area contributed by atoms with E-state index < -0.39 is 0 Å². The number of halogens is 2. The van der Waals surface area contributed by atoms with Crippen molar-refractivity contribution in [2.45, 2.75) is 20.3 Å². The van der Waals surface area contributed by atoms with E-state index in [1.165, 1.54) is 0 Å². The van der Waals surface area contributed by atoms with Crippen molar-refractivity contribution >= 4 is 37.8 Å². The number of hydrogen-bond donors (Lipinski definition) is 0. The van der Waals surface area contributed by atoms with Crippen molar-refractivity contribution in [2.75, 3.05) is 6.61 Å². The summed E-state index contributed by atoms with van der Waals surface area (Å²) in [6, 6.07) is 3.90. The number of ether oxygens (including phenoxy) is 1. The summed E-state index contributed by atoms with van der Waals surface area (Å²) in [6.45, 7) is 4.21. The average Bonchev–Trinajstić information content (AvgIpc) is 2.13. The molecule has 82 valence electrons. The molecule has 2 nitrogen and oxygen atoms in total. The fourth-order valence-electron chi connectivity index (χ4n) is 1.25. The summed E-state index contributed by atoms with van der Waals surface area (Å²) >= 11 is 6.84. The Kier molecular flexibility index (Phi) is 4.80. The predicted octanol–water partition coefficient (Wildman–Crippen LogP) is 3.63. The lowest BCUT2D eigenvalue weighted by atomic mass is 10.1. The van der Waals surface area contributed by atoms with E-state index in [0.717, 1.165) is 20.1 Å². The van der Waals surface area contributed by atoms with Gasteiger partial charge >= 0.3 is 5.97 Å². The fraction of sp³-hybridized carbons (Fsp3) is 0.364. The zero-order chi connectivity index (χ0) is 11.4. The fourth-order valence-corrected chi connectivity index (χ4v) is 2.56. The Hall–Kier alpha value is -0.350. The molecule has 15 heavy (non-hydrogen) atoms. The summed E-state index contributed by atoms with van der Waals surface area (Å²) in [5.74, 6) is -0.189. The van der Waals surface area contributed by atoms with Gasteiger partial charge in [-0.1, -0.05) is 31.9 Å². The third-order valence-electron chi connectivity index (χ3n) is 2.06. The van der Waals surface area contributed by atoms with Crippen LogP contribution in [0.15, 0.2) is 21.1 Å². The van der Waals surface area contributed by atoms with E-state index in [1.54, 1.807) is 0 Å². The van der Waals surface area contributed by atoms with Gasteiger partial charge in [-0.2, -0.15) is 0 Å². The van der Waals surface area contributed by atoms with Crippen molar-refractivity contribution in [3.8, 4) is 0 Å². The summed E-state index contributed by atoms with van der Waals surface area (Å²) < 4.78 is 6.87. The van der Waals surface area contributed by atoms with Gasteiger partial charge in [-0.15, -0.1) is 0 Å². The van der Waals surface area contributed by atoms with E-state index in [-0.39, 0.29) is 5.97 Å². The zero-order valence-corrected chi connectivity index (χ0v) is 11.8. The van der Waals surface area contributed by atoms with Crippen LogP contribution in [0.5, 0.6) is 0 Å². The lowest BCUT2D eigenvalue weighted by molar-refractivity contribution is -0.142. The molecule has 4 heteroatoms. The first-order chi connectivity index (χ1) is 7.04. The molecule has 0 heterocycles. The molecule has 0 aliphatic heterocycles. The minimum atomic E-state index is -0.189. The molecule has 0 radical (unpaired) electrons. The van der Waals surface area contributed by atoms with Gasteiger partial charge in [-0.05, 0) is 37.1 Å². The van der Waals surface area contributed by atoms with E-state index in [0.29, 0.717) is 13.0 Å². The Morgan fingerprint density at radius 3 is 2.67 bits per heavy atom. The highest BCUT2D eigenvalue weighted by Crippen LogP contribution is 2.25. The highest BCUT2D eigenvalue weighted by atomic mass is 79.9. The van der Waals surface area contributed by atoms with Gasteiger partial charge in [-0.3, -0.25) is 4.79 Å². The van der Waals surface area contributed by atoms with Crippen LogP contribution in [0.1, 0.15) is 18.1 Å². The maximum Gasteiger partial charge on any atom is 0.310 e. The molecule has 0 saturated heterocycles. The van der Waals surface area contributed by atoms with Crippen LogP contribution in [0.3, 0.4) is 0 Å². The Bertz CT molecular complexity index is 375. The number of carbonyl (C=O) groups is 1. The molecule has 0 amide bonds. The lowest BCUT2D eigenvalue weighted by Gasteiger charge is -2.08. The predicted molar refractivity (Wildman–Crippen MR) is 66.9 cm³/mol. The minimum absolute atomic E-state index is 0.189. The number of rotatable bonds is 3. The largest absolute Gasteiger partial charge is 0.466 e. The van der Waals surface area contributed by atoms with Crippen molar-refractivity contribution < 1.29 is 9.53 Å². The summed E-state index contributed by atoms with van der Waals surface area (Å²) in [4.78, 5) is 11.3. The van der Waals surface area contributed by atoms with Crippen LogP contribution < -0.4 is 0 Å². The molecule has 0 saturated carbocycles. The van der Waals surface area contributed by atoms with Gasteiger partial charge in [0.25, 0.3) is 0 Å². The van der Waals surface area contributed by atoms with Gasteiger partial charge in [0.05, 0.1) is 13.0 Å². The molecule has 1 rings (SSSR count). The van der Waals surface area contributed by atoms with Crippen LogP contribution in [0.4, 0.5) is 0 Å². The van der Waals surface area contributed by atoms with Gasteiger partial charge in [0.2, 0.25) is 0 Å². The van der Waals surface area contributed by atoms with Gasteiger partial charge in [0.15, 0.2) is 0 Å². The van der Waals surface area contributed by atoms with Crippen molar-refractivity contribution in [2.24, 2.45) is 0 Å². The van der Waals surface area contributed by atoms with E-state index in [2.05, 4.69) is 31.9 Å². The molecular weight excluding hydrogens is 324 g/mol. The van der Waals surface area contributed by atoms with Gasteiger partial charge in [-0.25, -0.2) is 0 Å². The van der Waals surface area contributed by atoms with Crippen LogP contribution >= 0.6 is 31.9 Å². The van der Waals surface area contributed by atoms with Gasteiger partial charge < -0.3 is 4.74 Å². The molecule has 1 aromatic carbocycles. The highest BCUT2D eigenvalue weighted by molar-refractivity contribution is 9.11. The normalized spacial score (nSPS) is 10.1. The van der Waals surface area contributed by atoms with Crippen LogP contribution in [0.2, 0.25) is 0 Å². The summed E-state index contributed by atoms with van der Waals surface area (Å²) in [6.07, 6.45) is 0.317. The Morgan fingerprint density at radius 1 is 1.40 bits per heavy atom. The van der Waals surface area contributed by atoms with Crippen molar-refractivity contribution in [3.63, 3.8) is 0 Å². The topological polar surface area (TPSA) is 26.3 Å². The van der Waals surface area contributed by atoms with E-state index >= 15 is 0 Å². The van der Waals surface area contributed by atoms with Crippen molar-refractivity contribution in [1.82, 2.24) is 0 Å². The van der Waals surface area contributed by atoms with E-state index in [1.807, 2.05) is 26.0 Å². The smallest absolute Gasteiger partial charge is 0.310 e. The molecule has 0 bridgehead atoms. The second kappa shape index (κ2) is 5.66. The quantitative estimate of drug-likeness (QED) is 0.788. The molecule has 0 unspecified atom stereocenters. The molecule has 0 atom stereocenters. The molecule has 0 aliphatic rings. The molecule has 0 N–H and O–H groups in total. The first-order valence-electron chi connectivity index (χ1n) is 4.64. The lowest BCUT2D eigenvalue weighted by Crippen LogP contribution is -2.08. The van der Waals surface area contributed by atoms with Crippen LogP contribution in [-0.4, -0.2) is 12.6 Å². The standard InChI is InChI=1S/C11H12Br2O2/c1-3-15-11(14)5-8-4-9(12)6-10(13)7(8)2/h4,6H,3,5H2,1-2H3. The number of hydrogen-bond acceptors (Lipinski definition) is 2. The summed E-state index contributed by atoms with van der Waals surface area (Å²) in [5.41, 5.74) is 2.06. The second-order valence-electron chi connectivity index (χ2n) is 3.15. The first-order valence-corrected chi connectivity index (χ1v) is 6.23. The second-order valence-corrected chi connectivity index (χ2v) is 4.92. The first kappa shape index (κ1) is 12.7. The molecule has 0 spiro atoms. The highest BCUT2D eigenvalue weighted by Gasteiger charge is 2.09. The average molecular weight is 336 g/mol. The maximum atomic E-state index is 11.3. The third-order valence-corrected chi connectivity index (χ3v) is 3.34. The minimum Gasteiger partial charge on any atom is -0.466 e. The van der Waals surface area contributed by atoms with Crippen molar-refractivity contribution in [1.29, 1.82) is 0 Å². The number of carbonyl (C=O) groups excluding carboxylic acids is 1. The molecular formula is C11H12Br2O2. The van der Waals surface area contributed by atoms with Crippen LogP contribution in [-0.2, 0) is 16.0 Å². The molecule has 0 aromatic heterocycles. The molecule has 0 fully saturated rings. The zero-order valence-electron chi connectivity index (χ0n) is 8.64. The third kappa shape index (κ3) is 3.61. The molecule has 0 aliphatic carbocycles. The maximum absolute atomic E-state index is 11.3. The van der Waals surface area contributed by atoms with Crippen LogP contribution in [0, 0.1) is 6.92 Å². The number of benzene rings is 1. The van der Waals surface area contributed by atoms with Gasteiger partial charge in [0, 0.05) is 8.95 Å². The SMILES string of the molecule is CCOC(=O)Cc1cc(Br)cc(Br)c1C. The monoisotopic (exact) mass is 334 g/mol. The Labute approximate surface area is 106 Å². The van der Waals surface area contributed by atoms with Crippen LogP contribution in [0.25, 0.3) is 0 Å². The Morgan fingerprint density at radius 2 is 2.07 bits per heavy atom. The summed E-state index contributed by atoms with van der Waals surface area (Å²) in [7, 11) is 0. The summed E-state index contributed by atoms with van der Waals surface area (Å²) in [5, 5.41) is 0.